The van der Waals surface area contributed by atoms with Gasteiger partial charge in [-0.15, -0.1) is 0 Å². The lowest BCUT2D eigenvalue weighted by Gasteiger charge is -2.38. The average molecular weight is 435 g/mol. The predicted octanol–water partition coefficient (Wildman–Crippen LogP) is 3.00. The first kappa shape index (κ1) is 21.5. The second kappa shape index (κ2) is 7.19. The van der Waals surface area contributed by atoms with Gasteiger partial charge in [0.15, 0.2) is 11.3 Å². The first-order chi connectivity index (χ1) is 15.0. The predicted molar refractivity (Wildman–Crippen MR) is 119 cm³/mol. The van der Waals surface area contributed by atoms with Gasteiger partial charge in [0.2, 0.25) is 5.91 Å². The van der Waals surface area contributed by atoms with Crippen LogP contribution in [-0.2, 0) is 19.9 Å². The van der Waals surface area contributed by atoms with Gasteiger partial charge < -0.3 is 15.0 Å². The Morgan fingerprint density at radius 1 is 1.00 bits per heavy atom. The molecule has 8 heteroatoms. The molecule has 0 saturated carbocycles. The zero-order chi connectivity index (χ0) is 23.4. The molecule has 8 nitrogen and oxygen atoms in total. The number of alkyl carbamates (subject to hydrolysis) is 1. The van der Waals surface area contributed by atoms with Crippen LogP contribution in [0.1, 0.15) is 43.6 Å². The van der Waals surface area contributed by atoms with Crippen LogP contribution < -0.4 is 15.1 Å². The molecule has 0 fully saturated rings. The average Bonchev–Trinajstić information content (AvgIpc) is 3.13. The lowest BCUT2D eigenvalue weighted by molar-refractivity contribution is -0.125. The summed E-state index contributed by atoms with van der Waals surface area (Å²) in [7, 11) is 1.57. The highest BCUT2D eigenvalue weighted by Gasteiger charge is 2.63. The number of para-hydroxylation sites is 2. The van der Waals surface area contributed by atoms with E-state index in [1.807, 2.05) is 0 Å². The third-order valence-electron chi connectivity index (χ3n) is 5.72. The normalized spacial score (nSPS) is 22.0. The number of anilines is 2. The molecule has 32 heavy (non-hydrogen) atoms. The third-order valence-corrected chi connectivity index (χ3v) is 5.72. The van der Waals surface area contributed by atoms with Crippen LogP contribution in [0.3, 0.4) is 0 Å². The minimum atomic E-state index is -1.85. The van der Waals surface area contributed by atoms with Crippen molar-refractivity contribution in [1.29, 1.82) is 0 Å². The van der Waals surface area contributed by atoms with Crippen LogP contribution >= 0.6 is 0 Å². The van der Waals surface area contributed by atoms with Gasteiger partial charge in [-0.3, -0.25) is 19.3 Å². The number of nitrogens with zero attached hydrogens (tertiary/aromatic N) is 2. The molecular weight excluding hydrogens is 410 g/mol. The summed E-state index contributed by atoms with van der Waals surface area (Å²) < 4.78 is 5.46. The molecule has 3 amide bonds. The van der Waals surface area contributed by atoms with Crippen LogP contribution in [0.5, 0.6) is 0 Å². The monoisotopic (exact) mass is 435 g/mol. The smallest absolute Gasteiger partial charge is 0.408 e. The van der Waals surface area contributed by atoms with Crippen molar-refractivity contribution in [2.45, 2.75) is 44.9 Å². The zero-order valence-electron chi connectivity index (χ0n) is 18.6. The molecular formula is C24H25N3O5. The summed E-state index contributed by atoms with van der Waals surface area (Å²) in [5.74, 6) is -1.37. The van der Waals surface area contributed by atoms with Crippen molar-refractivity contribution in [3.05, 3.63) is 59.7 Å². The molecule has 2 aliphatic rings. The van der Waals surface area contributed by atoms with E-state index in [2.05, 4.69) is 5.32 Å². The van der Waals surface area contributed by atoms with Crippen molar-refractivity contribution in [3.63, 3.8) is 0 Å². The highest BCUT2D eigenvalue weighted by molar-refractivity contribution is 6.23. The molecule has 0 spiro atoms. The van der Waals surface area contributed by atoms with Gasteiger partial charge in [-0.05, 0) is 39.0 Å². The molecule has 1 N–H and O–H groups in total. The first-order valence-electron chi connectivity index (χ1n) is 10.3. The van der Waals surface area contributed by atoms with Crippen LogP contribution in [0.2, 0.25) is 0 Å². The number of benzene rings is 2. The van der Waals surface area contributed by atoms with E-state index in [4.69, 9.17) is 4.74 Å². The van der Waals surface area contributed by atoms with Crippen LogP contribution in [0, 0.1) is 0 Å². The maximum atomic E-state index is 13.8. The van der Waals surface area contributed by atoms with Gasteiger partial charge in [-0.25, -0.2) is 4.79 Å². The lowest BCUT2D eigenvalue weighted by Crippen LogP contribution is -2.66. The number of ether oxygens (including phenoxy) is 1. The maximum Gasteiger partial charge on any atom is 0.408 e. The second-order valence-electron chi connectivity index (χ2n) is 8.99. The van der Waals surface area contributed by atoms with E-state index in [1.165, 1.54) is 16.7 Å². The van der Waals surface area contributed by atoms with E-state index in [0.29, 0.717) is 22.5 Å². The van der Waals surface area contributed by atoms with E-state index >= 15 is 0 Å². The SMILES string of the molecule is CC(=O)N1c2ccccc2C(=O)[C@@H]1[C@]1(NC(=O)OC(C)(C)C)C(=O)N(C)c2ccccc21. The third kappa shape index (κ3) is 3.05. The summed E-state index contributed by atoms with van der Waals surface area (Å²) in [6.07, 6.45) is -0.858. The largest absolute Gasteiger partial charge is 0.444 e. The first-order valence-corrected chi connectivity index (χ1v) is 10.3. The molecule has 0 aromatic heterocycles. The summed E-state index contributed by atoms with van der Waals surface area (Å²) in [5.41, 5.74) is -0.994. The molecule has 2 atom stereocenters. The lowest BCUT2D eigenvalue weighted by atomic mass is 9.81. The van der Waals surface area contributed by atoms with E-state index in [-0.39, 0.29) is 0 Å². The minimum Gasteiger partial charge on any atom is -0.444 e. The summed E-state index contributed by atoms with van der Waals surface area (Å²) in [4.78, 5) is 55.9. The van der Waals surface area contributed by atoms with Gasteiger partial charge in [0.25, 0.3) is 5.91 Å². The number of ketones is 1. The molecule has 2 heterocycles. The van der Waals surface area contributed by atoms with Crippen LogP contribution in [-0.4, -0.2) is 42.4 Å². The van der Waals surface area contributed by atoms with Crippen molar-refractivity contribution in [3.8, 4) is 0 Å². The zero-order valence-corrected chi connectivity index (χ0v) is 18.6. The highest BCUT2D eigenvalue weighted by atomic mass is 16.6. The number of likely N-dealkylation sites (N-methyl/N-ethyl adjacent to an activating group) is 1. The summed E-state index contributed by atoms with van der Waals surface area (Å²) in [6, 6.07) is 12.3. The van der Waals surface area contributed by atoms with E-state index in [1.54, 1.807) is 76.3 Å². The fraction of sp³-hybridized carbons (Fsp3) is 0.333. The number of hydrogen-bond acceptors (Lipinski definition) is 5. The Kier molecular flexibility index (Phi) is 4.84. The molecule has 2 aromatic rings. The van der Waals surface area contributed by atoms with Gasteiger partial charge in [-0.1, -0.05) is 30.3 Å². The Hall–Kier alpha value is -3.68. The molecule has 2 aromatic carbocycles. The minimum absolute atomic E-state index is 0.317. The highest BCUT2D eigenvalue weighted by Crippen LogP contribution is 2.48. The fourth-order valence-corrected chi connectivity index (χ4v) is 4.54. The van der Waals surface area contributed by atoms with Crippen molar-refractivity contribution in [2.75, 3.05) is 16.8 Å². The number of nitrogens with one attached hydrogen (secondary N) is 1. The fourth-order valence-electron chi connectivity index (χ4n) is 4.54. The summed E-state index contributed by atoms with van der Waals surface area (Å²) in [6.45, 7) is 6.44. The Morgan fingerprint density at radius 2 is 1.59 bits per heavy atom. The topological polar surface area (TPSA) is 96.0 Å². The Balaban J connectivity index is 1.96. The molecule has 0 bridgehead atoms. The van der Waals surface area contributed by atoms with Crippen molar-refractivity contribution in [1.82, 2.24) is 5.32 Å². The number of hydrogen-bond donors (Lipinski definition) is 1. The Labute approximate surface area is 186 Å². The molecule has 2 aliphatic heterocycles. The Bertz CT molecular complexity index is 1150. The number of rotatable bonds is 2. The van der Waals surface area contributed by atoms with Gasteiger partial charge in [0.05, 0.1) is 5.69 Å². The number of Topliss-reactive ketones (excluding diaryl/α,β-unsaturated/α-hetero) is 1. The van der Waals surface area contributed by atoms with Gasteiger partial charge in [0.1, 0.15) is 11.6 Å². The standard InChI is InChI=1S/C24H25N3O5/c1-14(28)27-17-12-8-6-10-15(17)19(29)20(27)24(25-22(31)32-23(2,3)4)16-11-7-9-13-18(16)26(5)21(24)30/h6-13,20H,1-5H3,(H,25,31)/t20-,24+/m1/s1. The molecule has 4 rings (SSSR count). The molecule has 0 unspecified atom stereocenters. The van der Waals surface area contributed by atoms with Crippen molar-refractivity contribution in [2.24, 2.45) is 0 Å². The van der Waals surface area contributed by atoms with Crippen molar-refractivity contribution >= 4 is 35.1 Å². The number of carbonyl (C=O) groups is 4. The molecule has 0 saturated heterocycles. The van der Waals surface area contributed by atoms with Gasteiger partial charge >= 0.3 is 6.09 Å². The molecule has 166 valence electrons. The summed E-state index contributed by atoms with van der Waals surface area (Å²) >= 11 is 0. The number of carbonyl (C=O) groups excluding carboxylic acids is 4. The molecule has 0 radical (unpaired) electrons. The maximum absolute atomic E-state index is 13.8. The quantitative estimate of drug-likeness (QED) is 0.782. The number of fused-ring (bicyclic) bond motifs is 2. The Morgan fingerprint density at radius 3 is 2.22 bits per heavy atom. The van der Waals surface area contributed by atoms with E-state index in [9.17, 15) is 19.2 Å². The number of amides is 3. The van der Waals surface area contributed by atoms with E-state index in [0.717, 1.165) is 0 Å². The summed E-state index contributed by atoms with van der Waals surface area (Å²) in [5, 5.41) is 2.71. The van der Waals surface area contributed by atoms with Crippen LogP contribution in [0.25, 0.3) is 0 Å². The molecule has 0 aliphatic carbocycles. The van der Waals surface area contributed by atoms with Crippen LogP contribution in [0.15, 0.2) is 48.5 Å². The second-order valence-corrected chi connectivity index (χ2v) is 8.99. The van der Waals surface area contributed by atoms with Gasteiger partial charge in [0, 0.05) is 30.8 Å². The van der Waals surface area contributed by atoms with Crippen LogP contribution in [0.4, 0.5) is 16.2 Å². The van der Waals surface area contributed by atoms with Gasteiger partial charge in [-0.2, -0.15) is 0 Å². The van der Waals surface area contributed by atoms with Crippen molar-refractivity contribution < 1.29 is 23.9 Å². The van der Waals surface area contributed by atoms with E-state index < -0.39 is 40.9 Å².